The Morgan fingerprint density at radius 3 is 2.75 bits per heavy atom. The van der Waals surface area contributed by atoms with E-state index < -0.39 is 0 Å². The summed E-state index contributed by atoms with van der Waals surface area (Å²) < 4.78 is 0. The second-order valence-electron chi connectivity index (χ2n) is 5.65. The minimum Gasteiger partial charge on any atom is -0.320 e. The van der Waals surface area contributed by atoms with Gasteiger partial charge in [-0.05, 0) is 49.4 Å². The van der Waals surface area contributed by atoms with Crippen LogP contribution < -0.4 is 5.32 Å². The Balaban J connectivity index is 2.11. The molecule has 4 nitrogen and oxygen atoms in total. The molecule has 20 heavy (non-hydrogen) atoms. The van der Waals surface area contributed by atoms with Crippen LogP contribution in [0.3, 0.4) is 0 Å². The van der Waals surface area contributed by atoms with Crippen molar-refractivity contribution >= 4 is 11.6 Å². The van der Waals surface area contributed by atoms with Gasteiger partial charge in [0.25, 0.3) is 5.91 Å². The summed E-state index contributed by atoms with van der Waals surface area (Å²) >= 11 is 0. The first-order valence-electron chi connectivity index (χ1n) is 6.88. The van der Waals surface area contributed by atoms with Crippen LogP contribution in [0, 0.1) is 19.8 Å². The fourth-order valence-corrected chi connectivity index (χ4v) is 2.08. The normalized spacial score (nSPS) is 10.8. The zero-order valence-corrected chi connectivity index (χ0v) is 12.4. The average molecular weight is 271 g/mol. The quantitative estimate of drug-likeness (QED) is 0.894. The number of carbonyl (C=O) groups excluding carboxylic acids is 1. The van der Waals surface area contributed by atoms with Crippen LogP contribution in [0.4, 0.5) is 5.69 Å². The first-order chi connectivity index (χ1) is 9.45. The molecule has 0 spiro atoms. The lowest BCUT2D eigenvalue weighted by Gasteiger charge is -2.07. The Labute approximate surface area is 119 Å². The fourth-order valence-electron chi connectivity index (χ4n) is 2.08. The second-order valence-corrected chi connectivity index (χ2v) is 5.65. The molecule has 0 bridgehead atoms. The summed E-state index contributed by atoms with van der Waals surface area (Å²) in [7, 11) is 0. The maximum absolute atomic E-state index is 12.2. The van der Waals surface area contributed by atoms with Crippen molar-refractivity contribution in [2.24, 2.45) is 5.92 Å². The number of anilines is 1. The maximum Gasteiger partial charge on any atom is 0.276 e. The van der Waals surface area contributed by atoms with E-state index in [1.54, 1.807) is 0 Å². The van der Waals surface area contributed by atoms with Gasteiger partial charge in [0, 0.05) is 11.4 Å². The highest BCUT2D eigenvalue weighted by Gasteiger charge is 2.12. The smallest absolute Gasteiger partial charge is 0.276 e. The van der Waals surface area contributed by atoms with Crippen molar-refractivity contribution in [1.82, 2.24) is 10.2 Å². The van der Waals surface area contributed by atoms with Gasteiger partial charge in [-0.1, -0.05) is 26.0 Å². The number of amides is 1. The molecular formula is C16H21N3O. The van der Waals surface area contributed by atoms with Crippen LogP contribution in [0.5, 0.6) is 0 Å². The molecule has 0 radical (unpaired) electrons. The van der Waals surface area contributed by atoms with E-state index in [4.69, 9.17) is 0 Å². The number of hydrogen-bond donors (Lipinski definition) is 2. The molecule has 1 aromatic carbocycles. The van der Waals surface area contributed by atoms with E-state index in [-0.39, 0.29) is 5.91 Å². The van der Waals surface area contributed by atoms with Gasteiger partial charge in [0.1, 0.15) is 0 Å². The molecule has 0 fully saturated rings. The van der Waals surface area contributed by atoms with Gasteiger partial charge in [-0.2, -0.15) is 5.10 Å². The molecule has 0 aliphatic rings. The number of H-pyrrole nitrogens is 1. The van der Waals surface area contributed by atoms with E-state index in [2.05, 4.69) is 29.4 Å². The van der Waals surface area contributed by atoms with E-state index in [0.717, 1.165) is 28.9 Å². The predicted molar refractivity (Wildman–Crippen MR) is 81.0 cm³/mol. The van der Waals surface area contributed by atoms with Gasteiger partial charge in [-0.15, -0.1) is 0 Å². The fraction of sp³-hybridized carbons (Fsp3) is 0.375. The predicted octanol–water partition coefficient (Wildman–Crippen LogP) is 3.48. The number of aryl methyl sites for hydroxylation is 2. The Bertz CT molecular complexity index is 614. The standard InChI is InChI=1S/C16H21N3O/c1-10(2)7-13-9-15(19-18-13)16(20)17-14-8-11(3)5-6-12(14)4/h5-6,8-10H,7H2,1-4H3,(H,17,20)(H,18,19). The summed E-state index contributed by atoms with van der Waals surface area (Å²) in [6.07, 6.45) is 0.893. The lowest BCUT2D eigenvalue weighted by atomic mass is 10.1. The lowest BCUT2D eigenvalue weighted by Crippen LogP contribution is -2.13. The Kier molecular flexibility index (Phi) is 4.23. The largest absolute Gasteiger partial charge is 0.320 e. The number of hydrogen-bond acceptors (Lipinski definition) is 2. The van der Waals surface area contributed by atoms with E-state index in [1.807, 2.05) is 38.1 Å². The topological polar surface area (TPSA) is 57.8 Å². The summed E-state index contributed by atoms with van der Waals surface area (Å²) in [6, 6.07) is 7.81. The van der Waals surface area contributed by atoms with Crippen LogP contribution in [0.2, 0.25) is 0 Å². The molecule has 1 heterocycles. The van der Waals surface area contributed by atoms with Crippen molar-refractivity contribution in [2.75, 3.05) is 5.32 Å². The van der Waals surface area contributed by atoms with Gasteiger partial charge >= 0.3 is 0 Å². The van der Waals surface area contributed by atoms with Crippen molar-refractivity contribution in [3.8, 4) is 0 Å². The first-order valence-corrected chi connectivity index (χ1v) is 6.88. The van der Waals surface area contributed by atoms with Crippen LogP contribution in [0.1, 0.15) is 41.2 Å². The summed E-state index contributed by atoms with van der Waals surface area (Å²) in [5.41, 5.74) is 4.42. The molecule has 2 N–H and O–H groups in total. The molecular weight excluding hydrogens is 250 g/mol. The van der Waals surface area contributed by atoms with Gasteiger partial charge in [-0.3, -0.25) is 9.89 Å². The molecule has 0 saturated carbocycles. The summed E-state index contributed by atoms with van der Waals surface area (Å²) in [6.45, 7) is 8.25. The molecule has 0 saturated heterocycles. The zero-order valence-electron chi connectivity index (χ0n) is 12.4. The SMILES string of the molecule is Cc1ccc(C)c(NC(=O)c2cc(CC(C)C)[nH]n2)c1. The summed E-state index contributed by atoms with van der Waals surface area (Å²) in [5.74, 6) is 0.357. The van der Waals surface area contributed by atoms with E-state index in [9.17, 15) is 4.79 Å². The van der Waals surface area contributed by atoms with Crippen molar-refractivity contribution in [1.29, 1.82) is 0 Å². The number of carbonyl (C=O) groups is 1. The lowest BCUT2D eigenvalue weighted by molar-refractivity contribution is 0.102. The Morgan fingerprint density at radius 2 is 2.05 bits per heavy atom. The molecule has 0 aliphatic heterocycles. The Morgan fingerprint density at radius 1 is 1.30 bits per heavy atom. The van der Waals surface area contributed by atoms with Gasteiger partial charge in [0.15, 0.2) is 5.69 Å². The minimum atomic E-state index is -0.176. The van der Waals surface area contributed by atoms with Gasteiger partial charge in [-0.25, -0.2) is 0 Å². The monoisotopic (exact) mass is 271 g/mol. The van der Waals surface area contributed by atoms with Gasteiger partial charge in [0.05, 0.1) is 0 Å². The first kappa shape index (κ1) is 14.3. The number of aromatic amines is 1. The van der Waals surface area contributed by atoms with Crippen LogP contribution in [0.25, 0.3) is 0 Å². The zero-order chi connectivity index (χ0) is 14.7. The van der Waals surface area contributed by atoms with Gasteiger partial charge in [0.2, 0.25) is 0 Å². The molecule has 2 rings (SSSR count). The van der Waals surface area contributed by atoms with E-state index >= 15 is 0 Å². The van der Waals surface area contributed by atoms with Crippen LogP contribution in [-0.2, 0) is 6.42 Å². The maximum atomic E-state index is 12.2. The van der Waals surface area contributed by atoms with E-state index in [0.29, 0.717) is 11.6 Å². The van der Waals surface area contributed by atoms with E-state index in [1.165, 1.54) is 0 Å². The Hall–Kier alpha value is -2.10. The highest BCUT2D eigenvalue weighted by Crippen LogP contribution is 2.17. The number of rotatable bonds is 4. The molecule has 2 aromatic rings. The number of benzene rings is 1. The third-order valence-corrected chi connectivity index (χ3v) is 3.13. The number of aromatic nitrogens is 2. The van der Waals surface area contributed by atoms with Gasteiger partial charge < -0.3 is 5.32 Å². The summed E-state index contributed by atoms with van der Waals surface area (Å²) in [4.78, 5) is 12.2. The average Bonchev–Trinajstić information content (AvgIpc) is 2.81. The van der Waals surface area contributed by atoms with Crippen LogP contribution in [0.15, 0.2) is 24.3 Å². The molecule has 1 aromatic heterocycles. The van der Waals surface area contributed by atoms with Crippen LogP contribution in [-0.4, -0.2) is 16.1 Å². The molecule has 1 amide bonds. The molecule has 106 valence electrons. The number of nitrogens with one attached hydrogen (secondary N) is 2. The molecule has 4 heteroatoms. The van der Waals surface area contributed by atoms with Crippen molar-refractivity contribution in [3.63, 3.8) is 0 Å². The third kappa shape index (κ3) is 3.47. The molecule has 0 aliphatic carbocycles. The van der Waals surface area contributed by atoms with Crippen molar-refractivity contribution in [2.45, 2.75) is 34.1 Å². The van der Waals surface area contributed by atoms with Crippen molar-refractivity contribution in [3.05, 3.63) is 46.8 Å². The third-order valence-electron chi connectivity index (χ3n) is 3.13. The second kappa shape index (κ2) is 5.90. The number of nitrogens with zero attached hydrogens (tertiary/aromatic N) is 1. The summed E-state index contributed by atoms with van der Waals surface area (Å²) in [5, 5.41) is 9.91. The van der Waals surface area contributed by atoms with Crippen LogP contribution >= 0.6 is 0 Å². The molecule has 0 atom stereocenters. The highest BCUT2D eigenvalue weighted by molar-refractivity contribution is 6.03. The molecule has 0 unspecified atom stereocenters. The highest BCUT2D eigenvalue weighted by atomic mass is 16.1. The van der Waals surface area contributed by atoms with Crippen molar-refractivity contribution < 1.29 is 4.79 Å². The minimum absolute atomic E-state index is 0.176.